The molecule has 1 aliphatic carbocycles. The van der Waals surface area contributed by atoms with Gasteiger partial charge in [-0.05, 0) is 44.2 Å². The van der Waals surface area contributed by atoms with E-state index in [1.165, 1.54) is 6.26 Å². The highest BCUT2D eigenvalue weighted by molar-refractivity contribution is 6.12. The number of nitriles is 1. The highest BCUT2D eigenvalue weighted by atomic mass is 16.3. The topological polar surface area (TPSA) is 91.4 Å². The molecule has 1 amide bonds. The molecule has 1 aliphatic heterocycles. The predicted octanol–water partition coefficient (Wildman–Crippen LogP) is 2.13. The average Bonchev–Trinajstić information content (AvgIpc) is 3.36. The molecule has 1 aromatic rings. The molecule has 2 atom stereocenters. The van der Waals surface area contributed by atoms with E-state index in [0.717, 1.165) is 19.3 Å². The van der Waals surface area contributed by atoms with Gasteiger partial charge >= 0.3 is 0 Å². The van der Waals surface area contributed by atoms with Crippen LogP contribution in [0.1, 0.15) is 41.8 Å². The molecule has 0 N–H and O–H groups in total. The van der Waals surface area contributed by atoms with Crippen molar-refractivity contribution in [3.8, 4) is 6.07 Å². The van der Waals surface area contributed by atoms with Crippen LogP contribution in [0.2, 0.25) is 0 Å². The fraction of sp³-hybridized carbons (Fsp3) is 0.556. The average molecular weight is 328 g/mol. The Bertz CT molecular complexity index is 711. The molecule has 0 bridgehead atoms. The molecule has 6 heteroatoms. The quantitative estimate of drug-likeness (QED) is 0.610. The van der Waals surface area contributed by atoms with E-state index < -0.39 is 23.4 Å². The number of rotatable bonds is 5. The van der Waals surface area contributed by atoms with Gasteiger partial charge in [0.1, 0.15) is 0 Å². The number of furan rings is 1. The summed E-state index contributed by atoms with van der Waals surface area (Å²) in [7, 11) is 0. The molecular weight excluding hydrogens is 308 g/mol. The summed E-state index contributed by atoms with van der Waals surface area (Å²) in [4.78, 5) is 39.1. The number of likely N-dealkylation sites (tertiary alicyclic amines) is 1. The number of carbonyl (C=O) groups excluding carboxylic acids is 3. The van der Waals surface area contributed by atoms with Crippen LogP contribution in [0.4, 0.5) is 0 Å². The third-order valence-corrected chi connectivity index (χ3v) is 4.82. The number of Topliss-reactive ketones (excluding diaryl/α,β-unsaturated/α-hetero) is 2. The zero-order chi connectivity index (χ0) is 17.3. The number of carbonyl (C=O) groups is 3. The highest BCUT2D eigenvalue weighted by Gasteiger charge is 2.40. The minimum atomic E-state index is -1.36. The van der Waals surface area contributed by atoms with Crippen LogP contribution in [-0.2, 0) is 9.59 Å². The Balaban J connectivity index is 1.71. The van der Waals surface area contributed by atoms with Crippen LogP contribution in [0.3, 0.4) is 0 Å². The van der Waals surface area contributed by atoms with E-state index in [2.05, 4.69) is 0 Å². The molecule has 1 saturated heterocycles. The van der Waals surface area contributed by atoms with Crippen LogP contribution >= 0.6 is 0 Å². The van der Waals surface area contributed by atoms with E-state index in [1.807, 2.05) is 6.07 Å². The van der Waals surface area contributed by atoms with E-state index >= 15 is 0 Å². The molecule has 2 heterocycles. The van der Waals surface area contributed by atoms with Gasteiger partial charge in [0.15, 0.2) is 17.5 Å². The fourth-order valence-electron chi connectivity index (χ4n) is 3.24. The molecule has 0 spiro atoms. The summed E-state index contributed by atoms with van der Waals surface area (Å²) in [6.45, 7) is 2.67. The first kappa shape index (κ1) is 16.4. The molecular formula is C18H20N2O4. The van der Waals surface area contributed by atoms with Crippen molar-refractivity contribution in [2.75, 3.05) is 13.1 Å². The van der Waals surface area contributed by atoms with Crippen molar-refractivity contribution in [1.29, 1.82) is 5.26 Å². The Kier molecular flexibility index (Phi) is 4.52. The summed E-state index contributed by atoms with van der Waals surface area (Å²) in [5, 5.41) is 9.35. The minimum Gasteiger partial charge on any atom is -0.461 e. The standard InChI is InChI=1S/C18H20N2O4/c1-11-6-8-24-17(11)16(22)14(9-19)15(21)13-3-2-7-20(10-13)18(23)12-4-5-12/h6,8,12-14H,2-5,7,10H2,1H3. The fourth-order valence-corrected chi connectivity index (χ4v) is 3.24. The second-order valence-electron chi connectivity index (χ2n) is 6.66. The van der Waals surface area contributed by atoms with Crippen LogP contribution in [0.25, 0.3) is 0 Å². The number of nitrogens with zero attached hydrogens (tertiary/aromatic N) is 2. The first-order valence-corrected chi connectivity index (χ1v) is 8.33. The Morgan fingerprint density at radius 1 is 1.29 bits per heavy atom. The summed E-state index contributed by atoms with van der Waals surface area (Å²) < 4.78 is 5.13. The third-order valence-electron chi connectivity index (χ3n) is 4.82. The predicted molar refractivity (Wildman–Crippen MR) is 83.9 cm³/mol. The molecule has 1 aromatic heterocycles. The molecule has 24 heavy (non-hydrogen) atoms. The number of piperidine rings is 1. The van der Waals surface area contributed by atoms with Gasteiger partial charge in [-0.1, -0.05) is 0 Å². The summed E-state index contributed by atoms with van der Waals surface area (Å²) in [5.41, 5.74) is 0.613. The van der Waals surface area contributed by atoms with Gasteiger partial charge in [-0.15, -0.1) is 0 Å². The lowest BCUT2D eigenvalue weighted by Crippen LogP contribution is -2.45. The van der Waals surface area contributed by atoms with E-state index in [4.69, 9.17) is 4.42 Å². The van der Waals surface area contributed by atoms with Gasteiger partial charge in [-0.2, -0.15) is 5.26 Å². The van der Waals surface area contributed by atoms with Crippen LogP contribution < -0.4 is 0 Å². The minimum absolute atomic E-state index is 0.0663. The maximum absolute atomic E-state index is 12.7. The van der Waals surface area contributed by atoms with Gasteiger partial charge in [0, 0.05) is 24.9 Å². The summed E-state index contributed by atoms with van der Waals surface area (Å²) >= 11 is 0. The van der Waals surface area contributed by atoms with E-state index in [-0.39, 0.29) is 17.6 Å². The van der Waals surface area contributed by atoms with Crippen molar-refractivity contribution in [3.63, 3.8) is 0 Å². The largest absolute Gasteiger partial charge is 0.461 e. The van der Waals surface area contributed by atoms with Crippen molar-refractivity contribution < 1.29 is 18.8 Å². The van der Waals surface area contributed by atoms with Gasteiger partial charge in [0.05, 0.1) is 12.3 Å². The molecule has 0 radical (unpaired) electrons. The molecule has 0 aromatic carbocycles. The SMILES string of the molecule is Cc1ccoc1C(=O)C(C#N)C(=O)C1CCCN(C(=O)C2CC2)C1. The Morgan fingerprint density at radius 2 is 2.04 bits per heavy atom. The molecule has 2 aliphatic rings. The van der Waals surface area contributed by atoms with Gasteiger partial charge in [-0.3, -0.25) is 14.4 Å². The zero-order valence-corrected chi connectivity index (χ0v) is 13.7. The lowest BCUT2D eigenvalue weighted by Gasteiger charge is -2.32. The molecule has 3 rings (SSSR count). The monoisotopic (exact) mass is 328 g/mol. The molecule has 126 valence electrons. The van der Waals surface area contributed by atoms with E-state index in [9.17, 15) is 19.6 Å². The maximum atomic E-state index is 12.7. The lowest BCUT2D eigenvalue weighted by atomic mass is 9.84. The number of hydrogen-bond acceptors (Lipinski definition) is 5. The van der Waals surface area contributed by atoms with Crippen molar-refractivity contribution in [1.82, 2.24) is 4.90 Å². The van der Waals surface area contributed by atoms with Crippen LogP contribution in [0, 0.1) is 36.0 Å². The molecule has 1 saturated carbocycles. The van der Waals surface area contributed by atoms with Crippen LogP contribution in [0.5, 0.6) is 0 Å². The summed E-state index contributed by atoms with van der Waals surface area (Å²) in [6.07, 6.45) is 4.55. The van der Waals surface area contributed by atoms with Gasteiger partial charge in [0.25, 0.3) is 0 Å². The number of ketones is 2. The van der Waals surface area contributed by atoms with Crippen molar-refractivity contribution in [3.05, 3.63) is 23.7 Å². The lowest BCUT2D eigenvalue weighted by molar-refractivity contribution is -0.136. The summed E-state index contributed by atoms with van der Waals surface area (Å²) in [5.74, 6) is -2.52. The first-order valence-electron chi connectivity index (χ1n) is 8.33. The number of amides is 1. The van der Waals surface area contributed by atoms with Gasteiger partial charge < -0.3 is 9.32 Å². The second kappa shape index (κ2) is 6.60. The highest BCUT2D eigenvalue weighted by Crippen LogP contribution is 2.33. The van der Waals surface area contributed by atoms with Gasteiger partial charge in [0.2, 0.25) is 11.7 Å². The Labute approximate surface area is 140 Å². The Morgan fingerprint density at radius 3 is 2.62 bits per heavy atom. The van der Waals surface area contributed by atoms with Gasteiger partial charge in [-0.25, -0.2) is 0 Å². The smallest absolute Gasteiger partial charge is 0.225 e. The second-order valence-corrected chi connectivity index (χ2v) is 6.66. The van der Waals surface area contributed by atoms with Crippen LogP contribution in [0.15, 0.2) is 16.7 Å². The first-order chi connectivity index (χ1) is 11.5. The molecule has 2 unspecified atom stereocenters. The van der Waals surface area contributed by atoms with Crippen molar-refractivity contribution >= 4 is 17.5 Å². The molecule has 6 nitrogen and oxygen atoms in total. The number of hydrogen-bond donors (Lipinski definition) is 0. The van der Waals surface area contributed by atoms with Crippen LogP contribution in [-0.4, -0.2) is 35.5 Å². The maximum Gasteiger partial charge on any atom is 0.225 e. The number of aryl methyl sites for hydroxylation is 1. The van der Waals surface area contributed by atoms with Crippen molar-refractivity contribution in [2.24, 2.45) is 17.8 Å². The zero-order valence-electron chi connectivity index (χ0n) is 13.7. The van der Waals surface area contributed by atoms with Crippen molar-refractivity contribution in [2.45, 2.75) is 32.6 Å². The van der Waals surface area contributed by atoms with E-state index in [1.54, 1.807) is 17.9 Å². The summed E-state index contributed by atoms with van der Waals surface area (Å²) in [6, 6.07) is 3.46. The molecule has 2 fully saturated rings. The van der Waals surface area contributed by atoms with E-state index in [0.29, 0.717) is 25.1 Å². The third kappa shape index (κ3) is 3.12. The Hall–Kier alpha value is -2.42. The normalized spacial score (nSPS) is 21.8.